The van der Waals surface area contributed by atoms with Crippen molar-refractivity contribution in [3.05, 3.63) is 29.8 Å². The number of methoxy groups -OCH3 is 1. The number of piperazine rings is 1. The Morgan fingerprint density at radius 1 is 1.19 bits per heavy atom. The molecular formula is C18H30N2O. The van der Waals surface area contributed by atoms with Gasteiger partial charge in [0.05, 0.1) is 7.11 Å². The Bertz CT molecular complexity index is 466. The van der Waals surface area contributed by atoms with E-state index in [2.05, 4.69) is 56.1 Å². The summed E-state index contributed by atoms with van der Waals surface area (Å²) in [5.41, 5.74) is 1.69. The van der Waals surface area contributed by atoms with Crippen molar-refractivity contribution in [3.63, 3.8) is 0 Å². The molecule has 1 N–H and O–H groups in total. The number of nitrogens with zero attached hydrogens (tertiary/aromatic N) is 1. The fourth-order valence-electron chi connectivity index (χ4n) is 3.43. The molecule has 3 nitrogen and oxygen atoms in total. The quantitative estimate of drug-likeness (QED) is 0.899. The van der Waals surface area contributed by atoms with Crippen LogP contribution in [0.1, 0.15) is 46.1 Å². The van der Waals surface area contributed by atoms with Crippen LogP contribution >= 0.6 is 0 Å². The molecule has 1 heterocycles. The van der Waals surface area contributed by atoms with Crippen LogP contribution < -0.4 is 10.1 Å². The van der Waals surface area contributed by atoms with E-state index in [1.165, 1.54) is 18.4 Å². The topological polar surface area (TPSA) is 24.5 Å². The lowest BCUT2D eigenvalue weighted by atomic mass is 9.84. The van der Waals surface area contributed by atoms with E-state index in [-0.39, 0.29) is 11.1 Å². The van der Waals surface area contributed by atoms with Crippen LogP contribution in [0.4, 0.5) is 0 Å². The van der Waals surface area contributed by atoms with Gasteiger partial charge in [-0.1, -0.05) is 32.0 Å². The molecule has 0 amide bonds. The second kappa shape index (κ2) is 6.37. The predicted octanol–water partition coefficient (Wildman–Crippen LogP) is 3.44. The molecule has 2 rings (SSSR count). The van der Waals surface area contributed by atoms with Crippen LogP contribution in [0.3, 0.4) is 0 Å². The number of benzene rings is 1. The van der Waals surface area contributed by atoms with E-state index in [9.17, 15) is 0 Å². The van der Waals surface area contributed by atoms with Crippen molar-refractivity contribution in [2.75, 3.05) is 20.2 Å². The van der Waals surface area contributed by atoms with Crippen LogP contribution in [-0.2, 0) is 6.54 Å². The first-order chi connectivity index (χ1) is 9.96. The minimum atomic E-state index is 0.163. The molecule has 0 aromatic heterocycles. The average Bonchev–Trinajstić information content (AvgIpc) is 2.48. The first kappa shape index (κ1) is 16.3. The summed E-state index contributed by atoms with van der Waals surface area (Å²) in [6, 6.07) is 8.38. The minimum absolute atomic E-state index is 0.163. The summed E-state index contributed by atoms with van der Waals surface area (Å²) in [6.45, 7) is 12.3. The van der Waals surface area contributed by atoms with Crippen molar-refractivity contribution in [1.82, 2.24) is 10.2 Å². The molecule has 1 aromatic carbocycles. The standard InChI is InChI=1S/C18H30N2O/c1-6-18(7-2)13-19-17(3,4)14-20(18)12-15-10-8-9-11-16(15)21-5/h8-11,19H,6-7,12-14H2,1-5H3. The smallest absolute Gasteiger partial charge is 0.123 e. The molecule has 0 saturated carbocycles. The Morgan fingerprint density at radius 3 is 2.48 bits per heavy atom. The van der Waals surface area contributed by atoms with Crippen LogP contribution in [0.15, 0.2) is 24.3 Å². The molecule has 0 aliphatic carbocycles. The third kappa shape index (κ3) is 3.41. The van der Waals surface area contributed by atoms with Gasteiger partial charge < -0.3 is 10.1 Å². The van der Waals surface area contributed by atoms with Crippen LogP contribution in [-0.4, -0.2) is 36.2 Å². The van der Waals surface area contributed by atoms with Gasteiger partial charge in [-0.3, -0.25) is 4.90 Å². The van der Waals surface area contributed by atoms with Crippen molar-refractivity contribution in [3.8, 4) is 5.75 Å². The maximum atomic E-state index is 5.53. The number of nitrogens with one attached hydrogen (secondary N) is 1. The van der Waals surface area contributed by atoms with Crippen molar-refractivity contribution >= 4 is 0 Å². The second-order valence-electron chi connectivity index (χ2n) is 6.84. The Balaban J connectivity index is 2.28. The molecule has 1 fully saturated rings. The van der Waals surface area contributed by atoms with Crippen molar-refractivity contribution in [1.29, 1.82) is 0 Å². The fraction of sp³-hybridized carbons (Fsp3) is 0.667. The molecular weight excluding hydrogens is 260 g/mol. The van der Waals surface area contributed by atoms with Gasteiger partial charge in [0.2, 0.25) is 0 Å². The highest BCUT2D eigenvalue weighted by Crippen LogP contribution is 2.33. The van der Waals surface area contributed by atoms with Gasteiger partial charge in [0, 0.05) is 36.3 Å². The van der Waals surface area contributed by atoms with Gasteiger partial charge in [-0.2, -0.15) is 0 Å². The molecule has 1 aliphatic heterocycles. The first-order valence-electron chi connectivity index (χ1n) is 8.08. The number of ether oxygens (including phenoxy) is 1. The zero-order chi connectivity index (χ0) is 15.5. The van der Waals surface area contributed by atoms with Gasteiger partial charge in [-0.05, 0) is 32.8 Å². The Morgan fingerprint density at radius 2 is 1.86 bits per heavy atom. The number of hydrogen-bond acceptors (Lipinski definition) is 3. The summed E-state index contributed by atoms with van der Waals surface area (Å²) in [7, 11) is 1.76. The number of para-hydroxylation sites is 1. The summed E-state index contributed by atoms with van der Waals surface area (Å²) >= 11 is 0. The van der Waals surface area contributed by atoms with Crippen LogP contribution in [0.5, 0.6) is 5.75 Å². The molecule has 1 saturated heterocycles. The van der Waals surface area contributed by atoms with Crippen LogP contribution in [0, 0.1) is 0 Å². The normalized spacial score (nSPS) is 21.2. The largest absolute Gasteiger partial charge is 0.496 e. The first-order valence-corrected chi connectivity index (χ1v) is 8.08. The summed E-state index contributed by atoms with van der Waals surface area (Å²) < 4.78 is 5.53. The van der Waals surface area contributed by atoms with Crippen LogP contribution in [0.25, 0.3) is 0 Å². The zero-order valence-electron chi connectivity index (χ0n) is 14.2. The molecule has 1 aliphatic rings. The van der Waals surface area contributed by atoms with Crippen LogP contribution in [0.2, 0.25) is 0 Å². The zero-order valence-corrected chi connectivity index (χ0v) is 14.2. The maximum Gasteiger partial charge on any atom is 0.123 e. The summed E-state index contributed by atoms with van der Waals surface area (Å²) in [5.74, 6) is 0.995. The third-order valence-corrected chi connectivity index (χ3v) is 5.02. The Hall–Kier alpha value is -1.06. The highest BCUT2D eigenvalue weighted by Gasteiger charge is 2.41. The molecule has 0 bridgehead atoms. The average molecular weight is 290 g/mol. The molecule has 0 spiro atoms. The van der Waals surface area contributed by atoms with E-state index in [1.54, 1.807) is 7.11 Å². The maximum absolute atomic E-state index is 5.53. The van der Waals surface area contributed by atoms with Gasteiger partial charge in [0.25, 0.3) is 0 Å². The summed E-state index contributed by atoms with van der Waals surface area (Å²) in [4.78, 5) is 2.65. The third-order valence-electron chi connectivity index (χ3n) is 5.02. The van der Waals surface area contributed by atoms with Crippen molar-refractivity contribution in [2.24, 2.45) is 0 Å². The Kier molecular flexibility index (Phi) is 4.95. The van der Waals surface area contributed by atoms with E-state index >= 15 is 0 Å². The summed E-state index contributed by atoms with van der Waals surface area (Å²) in [6.07, 6.45) is 2.34. The highest BCUT2D eigenvalue weighted by atomic mass is 16.5. The lowest BCUT2D eigenvalue weighted by Gasteiger charge is -2.52. The van der Waals surface area contributed by atoms with Gasteiger partial charge in [-0.25, -0.2) is 0 Å². The Labute approximate surface area is 129 Å². The van der Waals surface area contributed by atoms with E-state index in [0.717, 1.165) is 25.4 Å². The van der Waals surface area contributed by atoms with E-state index in [4.69, 9.17) is 4.74 Å². The number of rotatable bonds is 5. The molecule has 3 heteroatoms. The molecule has 0 radical (unpaired) electrons. The molecule has 21 heavy (non-hydrogen) atoms. The van der Waals surface area contributed by atoms with Crippen molar-refractivity contribution in [2.45, 2.75) is 58.2 Å². The number of hydrogen-bond donors (Lipinski definition) is 1. The molecule has 118 valence electrons. The molecule has 0 unspecified atom stereocenters. The van der Waals surface area contributed by atoms with E-state index in [0.29, 0.717) is 0 Å². The lowest BCUT2D eigenvalue weighted by molar-refractivity contribution is 0.00189. The fourth-order valence-corrected chi connectivity index (χ4v) is 3.43. The summed E-state index contributed by atoms with van der Waals surface area (Å²) in [5, 5.41) is 3.72. The molecule has 0 atom stereocenters. The van der Waals surface area contributed by atoms with E-state index < -0.39 is 0 Å². The van der Waals surface area contributed by atoms with Crippen molar-refractivity contribution < 1.29 is 4.74 Å². The van der Waals surface area contributed by atoms with E-state index in [1.807, 2.05) is 6.07 Å². The minimum Gasteiger partial charge on any atom is -0.496 e. The van der Waals surface area contributed by atoms with Gasteiger partial charge >= 0.3 is 0 Å². The highest BCUT2D eigenvalue weighted by molar-refractivity contribution is 5.33. The molecule has 1 aromatic rings. The van der Waals surface area contributed by atoms with Gasteiger partial charge in [-0.15, -0.1) is 0 Å². The second-order valence-corrected chi connectivity index (χ2v) is 6.84. The SMILES string of the molecule is CCC1(CC)CNC(C)(C)CN1Cc1ccccc1OC. The van der Waals surface area contributed by atoms with Gasteiger partial charge in [0.15, 0.2) is 0 Å². The monoisotopic (exact) mass is 290 g/mol. The van der Waals surface area contributed by atoms with Gasteiger partial charge in [0.1, 0.15) is 5.75 Å². The lowest BCUT2D eigenvalue weighted by Crippen LogP contribution is -2.67. The predicted molar refractivity (Wildman–Crippen MR) is 88.8 cm³/mol.